The largest absolute Gasteiger partial charge is 0.489 e. The summed E-state index contributed by atoms with van der Waals surface area (Å²) in [5, 5.41) is 0. The Morgan fingerprint density at radius 1 is 1.12 bits per heavy atom. The Balaban J connectivity index is 1.83. The molecule has 3 nitrogen and oxygen atoms in total. The van der Waals surface area contributed by atoms with Crippen molar-refractivity contribution in [2.24, 2.45) is 5.41 Å². The van der Waals surface area contributed by atoms with Gasteiger partial charge in [0.1, 0.15) is 12.4 Å². The summed E-state index contributed by atoms with van der Waals surface area (Å²) in [7, 11) is 2.10. The van der Waals surface area contributed by atoms with Crippen LogP contribution < -0.4 is 4.74 Å². The number of aromatic nitrogens is 1. The summed E-state index contributed by atoms with van der Waals surface area (Å²) in [5.74, 6) is 7.20. The van der Waals surface area contributed by atoms with Crippen molar-refractivity contribution in [3.8, 4) is 17.6 Å². The third-order valence-electron chi connectivity index (χ3n) is 3.57. The molecule has 1 aromatic heterocycles. The summed E-state index contributed by atoms with van der Waals surface area (Å²) in [6.07, 6.45) is 7.60. The number of nitrogens with zero attached hydrogens (tertiary/aromatic N) is 2. The van der Waals surface area contributed by atoms with Gasteiger partial charge in [0.05, 0.1) is 0 Å². The number of pyridine rings is 1. The molecule has 0 fully saturated rings. The quantitative estimate of drug-likeness (QED) is 0.678. The molecule has 0 unspecified atom stereocenters. The van der Waals surface area contributed by atoms with Gasteiger partial charge in [-0.25, -0.2) is 0 Å². The Labute approximate surface area is 157 Å². The standard InChI is InChI=1S/C23H28N2O/c1-23(2,3)13-6-5-7-16-25(4)18-21-9-8-10-22(17-21)26-19-20-11-14-24-15-12-20/h5,7-12,14-15,17H,16,18-19H2,1-4H3/b7-5+. The first-order chi connectivity index (χ1) is 12.4. The van der Waals surface area contributed by atoms with Crippen molar-refractivity contribution in [1.29, 1.82) is 0 Å². The second kappa shape index (κ2) is 9.79. The summed E-state index contributed by atoms with van der Waals surface area (Å²) < 4.78 is 5.88. The number of ether oxygens (including phenoxy) is 1. The minimum atomic E-state index is 0.0486. The van der Waals surface area contributed by atoms with Crippen LogP contribution in [0, 0.1) is 17.3 Å². The van der Waals surface area contributed by atoms with Crippen molar-refractivity contribution >= 4 is 0 Å². The zero-order chi connectivity index (χ0) is 18.8. The zero-order valence-corrected chi connectivity index (χ0v) is 16.2. The number of benzene rings is 1. The lowest BCUT2D eigenvalue weighted by Crippen LogP contribution is -2.17. The average Bonchev–Trinajstić information content (AvgIpc) is 2.60. The molecule has 0 N–H and O–H groups in total. The molecule has 3 heteroatoms. The second-order valence-corrected chi connectivity index (χ2v) is 7.41. The molecule has 0 aliphatic heterocycles. The highest BCUT2D eigenvalue weighted by atomic mass is 16.5. The lowest BCUT2D eigenvalue weighted by Gasteiger charge is -2.15. The van der Waals surface area contributed by atoms with E-state index >= 15 is 0 Å². The van der Waals surface area contributed by atoms with Gasteiger partial charge in [-0.1, -0.05) is 30.0 Å². The van der Waals surface area contributed by atoms with E-state index in [0.717, 1.165) is 24.4 Å². The third-order valence-corrected chi connectivity index (χ3v) is 3.57. The van der Waals surface area contributed by atoms with Gasteiger partial charge in [0, 0.05) is 30.9 Å². The molecule has 26 heavy (non-hydrogen) atoms. The number of rotatable bonds is 7. The van der Waals surface area contributed by atoms with E-state index in [9.17, 15) is 0 Å². The number of allylic oxidation sites excluding steroid dienone is 1. The molecule has 0 bridgehead atoms. The molecule has 0 aliphatic carbocycles. The third kappa shape index (κ3) is 8.00. The van der Waals surface area contributed by atoms with Gasteiger partial charge >= 0.3 is 0 Å². The average molecular weight is 348 g/mol. The first kappa shape index (κ1) is 19.8. The van der Waals surface area contributed by atoms with Gasteiger partial charge in [-0.15, -0.1) is 0 Å². The van der Waals surface area contributed by atoms with Gasteiger partial charge in [0.25, 0.3) is 0 Å². The molecule has 136 valence electrons. The molecular weight excluding hydrogens is 320 g/mol. The lowest BCUT2D eigenvalue weighted by molar-refractivity contribution is 0.304. The fourth-order valence-electron chi connectivity index (χ4n) is 2.31. The van der Waals surface area contributed by atoms with Crippen molar-refractivity contribution in [2.45, 2.75) is 33.9 Å². The van der Waals surface area contributed by atoms with Crippen LogP contribution in [-0.2, 0) is 13.2 Å². The Bertz CT molecular complexity index is 764. The molecule has 2 rings (SSSR count). The fraction of sp³-hybridized carbons (Fsp3) is 0.348. The van der Waals surface area contributed by atoms with Gasteiger partial charge in [0.15, 0.2) is 0 Å². The molecule has 0 amide bonds. The monoisotopic (exact) mass is 348 g/mol. The predicted molar refractivity (Wildman–Crippen MR) is 108 cm³/mol. The van der Waals surface area contributed by atoms with Gasteiger partial charge in [-0.05, 0) is 69.3 Å². The number of hydrogen-bond donors (Lipinski definition) is 0. The summed E-state index contributed by atoms with van der Waals surface area (Å²) in [6.45, 7) is 8.62. The normalized spacial score (nSPS) is 11.4. The van der Waals surface area contributed by atoms with Crippen LogP contribution in [0.3, 0.4) is 0 Å². The van der Waals surface area contributed by atoms with Crippen molar-refractivity contribution in [1.82, 2.24) is 9.88 Å². The van der Waals surface area contributed by atoms with Crippen LogP contribution in [0.1, 0.15) is 31.9 Å². The highest BCUT2D eigenvalue weighted by Crippen LogP contribution is 2.16. The molecule has 1 heterocycles. The maximum Gasteiger partial charge on any atom is 0.120 e. The Morgan fingerprint density at radius 2 is 1.88 bits per heavy atom. The van der Waals surface area contributed by atoms with Crippen molar-refractivity contribution in [3.63, 3.8) is 0 Å². The fourth-order valence-corrected chi connectivity index (χ4v) is 2.31. The van der Waals surface area contributed by atoms with E-state index in [4.69, 9.17) is 4.74 Å². The van der Waals surface area contributed by atoms with Gasteiger partial charge in [-0.2, -0.15) is 0 Å². The van der Waals surface area contributed by atoms with E-state index in [1.807, 2.05) is 30.3 Å². The molecule has 0 aliphatic rings. The lowest BCUT2D eigenvalue weighted by atomic mass is 9.98. The van der Waals surface area contributed by atoms with Gasteiger partial charge in [-0.3, -0.25) is 9.88 Å². The van der Waals surface area contributed by atoms with Crippen molar-refractivity contribution in [2.75, 3.05) is 13.6 Å². The van der Waals surface area contributed by atoms with Crippen LogP contribution in [0.2, 0.25) is 0 Å². The van der Waals surface area contributed by atoms with E-state index < -0.39 is 0 Å². The Morgan fingerprint density at radius 3 is 2.62 bits per heavy atom. The van der Waals surface area contributed by atoms with Crippen LogP contribution in [0.25, 0.3) is 0 Å². The highest BCUT2D eigenvalue weighted by Gasteiger charge is 2.03. The molecular formula is C23H28N2O. The van der Waals surface area contributed by atoms with Crippen molar-refractivity contribution in [3.05, 3.63) is 72.1 Å². The molecule has 0 saturated heterocycles. The summed E-state index contributed by atoms with van der Waals surface area (Å²) in [6, 6.07) is 12.2. The molecule has 0 saturated carbocycles. The maximum absolute atomic E-state index is 5.88. The molecule has 0 radical (unpaired) electrons. The second-order valence-electron chi connectivity index (χ2n) is 7.41. The smallest absolute Gasteiger partial charge is 0.120 e. The summed E-state index contributed by atoms with van der Waals surface area (Å²) in [4.78, 5) is 6.27. The van der Waals surface area contributed by atoms with Crippen LogP contribution >= 0.6 is 0 Å². The summed E-state index contributed by atoms with van der Waals surface area (Å²) in [5.41, 5.74) is 2.39. The number of hydrogen-bond acceptors (Lipinski definition) is 3. The Kier molecular flexibility index (Phi) is 7.44. The molecule has 0 spiro atoms. The van der Waals surface area contributed by atoms with Gasteiger partial charge in [0.2, 0.25) is 0 Å². The summed E-state index contributed by atoms with van der Waals surface area (Å²) >= 11 is 0. The van der Waals surface area contributed by atoms with E-state index in [-0.39, 0.29) is 5.41 Å². The highest BCUT2D eigenvalue weighted by molar-refractivity contribution is 5.29. The van der Waals surface area contributed by atoms with E-state index in [2.05, 4.69) is 67.8 Å². The SMILES string of the molecule is CN(C/C=C/C#CC(C)(C)C)Cc1cccc(OCc2ccncc2)c1. The van der Waals surface area contributed by atoms with E-state index in [1.165, 1.54) is 5.56 Å². The first-order valence-electron chi connectivity index (χ1n) is 8.89. The first-order valence-corrected chi connectivity index (χ1v) is 8.89. The predicted octanol–water partition coefficient (Wildman–Crippen LogP) is 4.70. The van der Waals surface area contributed by atoms with Gasteiger partial charge < -0.3 is 4.74 Å². The molecule has 1 aromatic carbocycles. The van der Waals surface area contributed by atoms with Crippen LogP contribution in [0.15, 0.2) is 60.9 Å². The van der Waals surface area contributed by atoms with Crippen LogP contribution in [-0.4, -0.2) is 23.5 Å². The maximum atomic E-state index is 5.88. The van der Waals surface area contributed by atoms with Crippen LogP contribution in [0.5, 0.6) is 5.75 Å². The van der Waals surface area contributed by atoms with E-state index in [1.54, 1.807) is 12.4 Å². The van der Waals surface area contributed by atoms with Crippen LogP contribution in [0.4, 0.5) is 0 Å². The number of likely N-dealkylation sites (N-methyl/N-ethyl adjacent to an activating group) is 1. The molecule has 2 aromatic rings. The minimum Gasteiger partial charge on any atom is -0.489 e. The zero-order valence-electron chi connectivity index (χ0n) is 16.2. The molecule has 0 atom stereocenters. The topological polar surface area (TPSA) is 25.4 Å². The van der Waals surface area contributed by atoms with E-state index in [0.29, 0.717) is 6.61 Å². The minimum absolute atomic E-state index is 0.0486. The Hall–Kier alpha value is -2.57. The van der Waals surface area contributed by atoms with Crippen molar-refractivity contribution < 1.29 is 4.74 Å².